The molecule has 32 heavy (non-hydrogen) atoms. The number of hydrogen-bond acceptors (Lipinski definition) is 3. The molecule has 3 aliphatic rings. The molecule has 3 unspecified atom stereocenters. The van der Waals surface area contributed by atoms with Crippen LogP contribution in [0, 0.1) is 32.6 Å². The fourth-order valence-corrected chi connectivity index (χ4v) is 7.58. The molecule has 170 valence electrons. The van der Waals surface area contributed by atoms with Gasteiger partial charge in [0, 0.05) is 24.7 Å². The Morgan fingerprint density at radius 2 is 1.69 bits per heavy atom. The van der Waals surface area contributed by atoms with E-state index in [1.807, 2.05) is 12.1 Å². The van der Waals surface area contributed by atoms with Gasteiger partial charge in [-0.3, -0.25) is 0 Å². The zero-order valence-corrected chi connectivity index (χ0v) is 20.4. The smallest absolute Gasteiger partial charge is 0.243 e. The summed E-state index contributed by atoms with van der Waals surface area (Å²) in [4.78, 5) is 0.438. The minimum Gasteiger partial charge on any atom is -0.378 e. The van der Waals surface area contributed by atoms with Crippen molar-refractivity contribution in [1.82, 2.24) is 4.31 Å². The number of rotatable bonds is 3. The third kappa shape index (κ3) is 3.60. The Bertz CT molecular complexity index is 1150. The topological polar surface area (TPSA) is 49.4 Å². The molecule has 0 radical (unpaired) electrons. The molecule has 0 amide bonds. The molecule has 2 aromatic carbocycles. The standard InChI is InChI=1S/C27H34N2O2S/c1-17-10-12-29(13-11-17)32(30,31)21-8-9-25-24(16-21)22-6-5-7-23(22)27(28-25)26-19(3)14-18(2)15-20(26)4/h5-6,8-9,14-17,22-23,27-28H,7,10-13H2,1-4H3. The zero-order valence-electron chi connectivity index (χ0n) is 19.6. The van der Waals surface area contributed by atoms with Crippen molar-refractivity contribution in [3.63, 3.8) is 0 Å². The minimum absolute atomic E-state index is 0.231. The molecule has 1 fully saturated rings. The number of allylic oxidation sites excluding steroid dienone is 2. The van der Waals surface area contributed by atoms with Crippen LogP contribution in [0.5, 0.6) is 0 Å². The Balaban J connectivity index is 1.52. The average Bonchev–Trinajstić information content (AvgIpc) is 3.23. The van der Waals surface area contributed by atoms with Crippen LogP contribution in [0.25, 0.3) is 0 Å². The summed E-state index contributed by atoms with van der Waals surface area (Å²) in [5, 5.41) is 3.80. The summed E-state index contributed by atoms with van der Waals surface area (Å²) in [6, 6.07) is 10.5. The lowest BCUT2D eigenvalue weighted by Crippen LogP contribution is -2.38. The van der Waals surface area contributed by atoms with Crippen molar-refractivity contribution in [1.29, 1.82) is 0 Å². The summed E-state index contributed by atoms with van der Waals surface area (Å²) in [5.41, 5.74) is 7.52. The van der Waals surface area contributed by atoms with E-state index in [0.717, 1.165) is 30.5 Å². The lowest BCUT2D eigenvalue weighted by Gasteiger charge is -2.39. The minimum atomic E-state index is -3.45. The van der Waals surface area contributed by atoms with E-state index in [0.29, 0.717) is 29.8 Å². The van der Waals surface area contributed by atoms with Gasteiger partial charge < -0.3 is 5.32 Å². The molecule has 0 spiro atoms. The Kier molecular flexibility index (Phi) is 5.45. The van der Waals surface area contributed by atoms with Crippen molar-refractivity contribution in [2.24, 2.45) is 11.8 Å². The summed E-state index contributed by atoms with van der Waals surface area (Å²) >= 11 is 0. The molecular weight excluding hydrogens is 416 g/mol. The summed E-state index contributed by atoms with van der Waals surface area (Å²) in [7, 11) is -3.45. The second-order valence-corrected chi connectivity index (χ2v) is 12.1. The van der Waals surface area contributed by atoms with Gasteiger partial charge in [0.25, 0.3) is 0 Å². The fraction of sp³-hybridized carbons (Fsp3) is 0.481. The molecule has 2 aliphatic heterocycles. The van der Waals surface area contributed by atoms with Crippen LogP contribution in [-0.2, 0) is 10.0 Å². The molecule has 5 heteroatoms. The second-order valence-electron chi connectivity index (χ2n) is 10.1. The summed E-state index contributed by atoms with van der Waals surface area (Å²) in [6.07, 6.45) is 7.45. The van der Waals surface area contributed by atoms with Gasteiger partial charge in [0.1, 0.15) is 0 Å². The number of sulfonamides is 1. The van der Waals surface area contributed by atoms with E-state index in [9.17, 15) is 8.42 Å². The van der Waals surface area contributed by atoms with Crippen LogP contribution < -0.4 is 5.32 Å². The van der Waals surface area contributed by atoms with Crippen LogP contribution >= 0.6 is 0 Å². The van der Waals surface area contributed by atoms with Gasteiger partial charge in [-0.2, -0.15) is 4.31 Å². The molecule has 2 heterocycles. The monoisotopic (exact) mass is 450 g/mol. The first-order valence-corrected chi connectivity index (χ1v) is 13.3. The zero-order chi connectivity index (χ0) is 22.6. The van der Waals surface area contributed by atoms with Gasteiger partial charge in [-0.15, -0.1) is 0 Å². The van der Waals surface area contributed by atoms with Crippen LogP contribution in [0.2, 0.25) is 0 Å². The SMILES string of the molecule is Cc1cc(C)c(C2Nc3ccc(S(=O)(=O)N4CCC(C)CC4)cc3C3C=CCC32)c(C)c1. The number of aryl methyl sites for hydroxylation is 3. The number of hydrogen-bond donors (Lipinski definition) is 1. The van der Waals surface area contributed by atoms with E-state index in [2.05, 4.69) is 57.3 Å². The quantitative estimate of drug-likeness (QED) is 0.596. The average molecular weight is 451 g/mol. The van der Waals surface area contributed by atoms with E-state index in [1.54, 1.807) is 10.4 Å². The molecule has 0 aromatic heterocycles. The Labute approximate surface area is 192 Å². The first kappa shape index (κ1) is 21.7. The highest BCUT2D eigenvalue weighted by Gasteiger charge is 2.40. The number of fused-ring (bicyclic) bond motifs is 3. The molecule has 1 N–H and O–H groups in total. The van der Waals surface area contributed by atoms with Crippen molar-refractivity contribution < 1.29 is 8.42 Å². The van der Waals surface area contributed by atoms with Gasteiger partial charge in [0.2, 0.25) is 10.0 Å². The van der Waals surface area contributed by atoms with Crippen molar-refractivity contribution in [2.75, 3.05) is 18.4 Å². The van der Waals surface area contributed by atoms with Crippen molar-refractivity contribution in [2.45, 2.75) is 63.8 Å². The maximum atomic E-state index is 13.4. The second kappa shape index (κ2) is 8.03. The first-order chi connectivity index (χ1) is 15.3. The molecule has 3 atom stereocenters. The van der Waals surface area contributed by atoms with E-state index < -0.39 is 10.0 Å². The lowest BCUT2D eigenvalue weighted by molar-refractivity contribution is 0.288. The number of piperidine rings is 1. The fourth-order valence-electron chi connectivity index (χ4n) is 6.07. The maximum Gasteiger partial charge on any atom is 0.243 e. The highest BCUT2D eigenvalue weighted by atomic mass is 32.2. The molecule has 2 aromatic rings. The van der Waals surface area contributed by atoms with Gasteiger partial charge >= 0.3 is 0 Å². The van der Waals surface area contributed by atoms with E-state index in [4.69, 9.17) is 0 Å². The predicted octanol–water partition coefficient (Wildman–Crippen LogP) is 5.86. The van der Waals surface area contributed by atoms with Crippen LogP contribution in [0.15, 0.2) is 47.4 Å². The van der Waals surface area contributed by atoms with Crippen molar-refractivity contribution in [3.05, 3.63) is 70.3 Å². The molecule has 4 nitrogen and oxygen atoms in total. The summed E-state index contributed by atoms with van der Waals surface area (Å²) < 4.78 is 28.4. The van der Waals surface area contributed by atoms with E-state index in [1.165, 1.54) is 22.3 Å². The third-order valence-corrected chi connectivity index (χ3v) is 9.66. The van der Waals surface area contributed by atoms with Gasteiger partial charge in [0.15, 0.2) is 0 Å². The van der Waals surface area contributed by atoms with Gasteiger partial charge in [0.05, 0.1) is 10.9 Å². The summed E-state index contributed by atoms with van der Waals surface area (Å²) in [5.74, 6) is 1.24. The first-order valence-electron chi connectivity index (χ1n) is 11.9. The predicted molar refractivity (Wildman–Crippen MR) is 131 cm³/mol. The van der Waals surface area contributed by atoms with Crippen molar-refractivity contribution in [3.8, 4) is 0 Å². The molecule has 1 saturated heterocycles. The van der Waals surface area contributed by atoms with E-state index >= 15 is 0 Å². The highest BCUT2D eigenvalue weighted by molar-refractivity contribution is 7.89. The Morgan fingerprint density at radius 1 is 1.00 bits per heavy atom. The van der Waals surface area contributed by atoms with Crippen LogP contribution in [0.1, 0.15) is 66.0 Å². The molecule has 1 aliphatic carbocycles. The lowest BCUT2D eigenvalue weighted by atomic mass is 9.75. The normalized spacial score (nSPS) is 25.9. The largest absolute Gasteiger partial charge is 0.378 e. The number of nitrogens with one attached hydrogen (secondary N) is 1. The van der Waals surface area contributed by atoms with Crippen LogP contribution in [0.4, 0.5) is 5.69 Å². The number of anilines is 1. The van der Waals surface area contributed by atoms with Gasteiger partial charge in [-0.05, 0) is 92.3 Å². The third-order valence-electron chi connectivity index (χ3n) is 7.76. The van der Waals surface area contributed by atoms with E-state index in [-0.39, 0.29) is 12.0 Å². The Morgan fingerprint density at radius 3 is 2.38 bits per heavy atom. The molecule has 5 rings (SSSR count). The van der Waals surface area contributed by atoms with Gasteiger partial charge in [-0.25, -0.2) is 8.42 Å². The van der Waals surface area contributed by atoms with Crippen molar-refractivity contribution >= 4 is 15.7 Å². The summed E-state index contributed by atoms with van der Waals surface area (Å²) in [6.45, 7) is 10.0. The molecular formula is C27H34N2O2S. The van der Waals surface area contributed by atoms with Crippen LogP contribution in [-0.4, -0.2) is 25.8 Å². The molecule has 0 saturated carbocycles. The maximum absolute atomic E-state index is 13.4. The Hall–Kier alpha value is -2.11. The number of nitrogens with zero attached hydrogens (tertiary/aromatic N) is 1. The van der Waals surface area contributed by atoms with Crippen LogP contribution in [0.3, 0.4) is 0 Å². The van der Waals surface area contributed by atoms with Gasteiger partial charge in [-0.1, -0.05) is 36.8 Å². The molecule has 0 bridgehead atoms. The number of benzene rings is 2. The highest BCUT2D eigenvalue weighted by Crippen LogP contribution is 2.51.